The maximum atomic E-state index is 11.1. The molecule has 0 fully saturated rings. The van der Waals surface area contributed by atoms with Crippen molar-refractivity contribution in [2.24, 2.45) is 0 Å². The third kappa shape index (κ3) is 4.60. The molecule has 0 radical (unpaired) electrons. The first-order chi connectivity index (χ1) is 12.6. The highest BCUT2D eigenvalue weighted by Crippen LogP contribution is 2.21. The fraction of sp³-hybridized carbons (Fsp3) is 0.211. The number of benzene rings is 2. The summed E-state index contributed by atoms with van der Waals surface area (Å²) in [6.45, 7) is 4.42. The molecular weight excluding hydrogens is 332 g/mol. The minimum atomic E-state index is -0.112. The average Bonchev–Trinajstić information content (AvgIpc) is 3.10. The molecule has 0 bridgehead atoms. The number of hydrogen-bond acceptors (Lipinski definition) is 6. The summed E-state index contributed by atoms with van der Waals surface area (Å²) in [6, 6.07) is 14.9. The summed E-state index contributed by atoms with van der Waals surface area (Å²) in [5.41, 5.74) is 2.43. The van der Waals surface area contributed by atoms with Crippen molar-refractivity contribution in [1.82, 2.24) is 10.1 Å². The maximum Gasteiger partial charge on any atom is 0.246 e. The number of amides is 1. The van der Waals surface area contributed by atoms with Crippen molar-refractivity contribution in [2.75, 3.05) is 17.2 Å². The predicted molar refractivity (Wildman–Crippen MR) is 99.0 cm³/mol. The van der Waals surface area contributed by atoms with E-state index in [-0.39, 0.29) is 5.91 Å². The highest BCUT2D eigenvalue weighted by atomic mass is 16.5. The minimum absolute atomic E-state index is 0.112. The van der Waals surface area contributed by atoms with Gasteiger partial charge in [0, 0.05) is 23.9 Å². The zero-order chi connectivity index (χ0) is 18.4. The van der Waals surface area contributed by atoms with Gasteiger partial charge in [0.05, 0.1) is 13.2 Å². The van der Waals surface area contributed by atoms with Crippen molar-refractivity contribution in [3.63, 3.8) is 0 Å². The third-order valence-corrected chi connectivity index (χ3v) is 3.52. The van der Waals surface area contributed by atoms with Crippen LogP contribution in [0.5, 0.6) is 5.75 Å². The molecule has 7 nitrogen and oxygen atoms in total. The van der Waals surface area contributed by atoms with Gasteiger partial charge in [0.15, 0.2) is 0 Å². The van der Waals surface area contributed by atoms with Crippen molar-refractivity contribution in [3.8, 4) is 17.1 Å². The number of ether oxygens (including phenoxy) is 1. The van der Waals surface area contributed by atoms with Crippen LogP contribution in [0, 0.1) is 0 Å². The van der Waals surface area contributed by atoms with E-state index >= 15 is 0 Å². The average molecular weight is 352 g/mol. The first-order valence-corrected chi connectivity index (χ1v) is 8.31. The summed E-state index contributed by atoms with van der Waals surface area (Å²) >= 11 is 0. The first kappa shape index (κ1) is 17.5. The number of nitrogens with zero attached hydrogens (tertiary/aromatic N) is 2. The van der Waals surface area contributed by atoms with E-state index in [9.17, 15) is 4.79 Å². The zero-order valence-electron chi connectivity index (χ0n) is 14.7. The monoisotopic (exact) mass is 352 g/mol. The van der Waals surface area contributed by atoms with E-state index in [0.717, 1.165) is 22.7 Å². The van der Waals surface area contributed by atoms with Gasteiger partial charge in [0.25, 0.3) is 0 Å². The molecule has 7 heteroatoms. The lowest BCUT2D eigenvalue weighted by molar-refractivity contribution is -0.114. The lowest BCUT2D eigenvalue weighted by Crippen LogP contribution is -2.06. The standard InChI is InChI=1S/C19H20N4O3/c1-3-25-17-9-7-14(8-10-17)19-22-18(26-23-19)12-20-15-5-4-6-16(11-15)21-13(2)24/h4-11,20H,3,12H2,1-2H3,(H,21,24). The van der Waals surface area contributed by atoms with Crippen molar-refractivity contribution < 1.29 is 14.1 Å². The van der Waals surface area contributed by atoms with Crippen LogP contribution in [0.4, 0.5) is 11.4 Å². The Morgan fingerprint density at radius 1 is 1.15 bits per heavy atom. The molecule has 3 rings (SSSR count). The van der Waals surface area contributed by atoms with Crippen molar-refractivity contribution in [3.05, 3.63) is 54.4 Å². The highest BCUT2D eigenvalue weighted by molar-refractivity contribution is 5.89. The fourth-order valence-electron chi connectivity index (χ4n) is 2.40. The Kier molecular flexibility index (Phi) is 5.48. The van der Waals surface area contributed by atoms with E-state index in [1.807, 2.05) is 55.5 Å². The number of anilines is 2. The Hall–Kier alpha value is -3.35. The van der Waals surface area contributed by atoms with Crippen LogP contribution >= 0.6 is 0 Å². The summed E-state index contributed by atoms with van der Waals surface area (Å²) in [4.78, 5) is 15.5. The Bertz CT molecular complexity index is 875. The number of carbonyl (C=O) groups excluding carboxylic acids is 1. The zero-order valence-corrected chi connectivity index (χ0v) is 14.7. The molecule has 1 amide bonds. The van der Waals surface area contributed by atoms with Gasteiger partial charge in [-0.3, -0.25) is 4.79 Å². The maximum absolute atomic E-state index is 11.1. The van der Waals surface area contributed by atoms with Gasteiger partial charge in [-0.2, -0.15) is 4.98 Å². The molecule has 0 atom stereocenters. The second-order valence-corrected chi connectivity index (χ2v) is 5.58. The molecule has 0 aliphatic carbocycles. The lowest BCUT2D eigenvalue weighted by Gasteiger charge is -2.06. The number of carbonyl (C=O) groups is 1. The summed E-state index contributed by atoms with van der Waals surface area (Å²) in [5.74, 6) is 1.69. The Balaban J connectivity index is 1.62. The second-order valence-electron chi connectivity index (χ2n) is 5.58. The Labute approximate surface area is 151 Å². The summed E-state index contributed by atoms with van der Waals surface area (Å²) < 4.78 is 10.7. The van der Waals surface area contributed by atoms with Crippen LogP contribution in [-0.2, 0) is 11.3 Å². The largest absolute Gasteiger partial charge is 0.494 e. The lowest BCUT2D eigenvalue weighted by atomic mass is 10.2. The van der Waals surface area contributed by atoms with Crippen LogP contribution in [0.3, 0.4) is 0 Å². The molecule has 1 heterocycles. The van der Waals surface area contributed by atoms with Crippen LogP contribution in [0.1, 0.15) is 19.7 Å². The van der Waals surface area contributed by atoms with E-state index in [4.69, 9.17) is 9.26 Å². The van der Waals surface area contributed by atoms with Gasteiger partial charge < -0.3 is 19.9 Å². The minimum Gasteiger partial charge on any atom is -0.494 e. The van der Waals surface area contributed by atoms with E-state index in [0.29, 0.717) is 24.9 Å². The Morgan fingerprint density at radius 2 is 1.92 bits per heavy atom. The quantitative estimate of drug-likeness (QED) is 0.674. The molecule has 134 valence electrons. The van der Waals surface area contributed by atoms with Gasteiger partial charge >= 0.3 is 0 Å². The summed E-state index contributed by atoms with van der Waals surface area (Å²) in [6.07, 6.45) is 0. The van der Waals surface area contributed by atoms with Gasteiger partial charge in [-0.25, -0.2) is 0 Å². The predicted octanol–water partition coefficient (Wildman–Crippen LogP) is 3.71. The normalized spacial score (nSPS) is 10.4. The molecule has 0 unspecified atom stereocenters. The first-order valence-electron chi connectivity index (χ1n) is 8.31. The van der Waals surface area contributed by atoms with E-state index < -0.39 is 0 Å². The highest BCUT2D eigenvalue weighted by Gasteiger charge is 2.09. The molecule has 1 aromatic heterocycles. The van der Waals surface area contributed by atoms with Crippen LogP contribution in [0.2, 0.25) is 0 Å². The number of aromatic nitrogens is 2. The third-order valence-electron chi connectivity index (χ3n) is 3.52. The van der Waals surface area contributed by atoms with Gasteiger partial charge in [-0.05, 0) is 49.4 Å². The van der Waals surface area contributed by atoms with Crippen molar-refractivity contribution >= 4 is 17.3 Å². The van der Waals surface area contributed by atoms with E-state index in [2.05, 4.69) is 20.8 Å². The van der Waals surface area contributed by atoms with Gasteiger partial charge in [-0.15, -0.1) is 0 Å². The van der Waals surface area contributed by atoms with Gasteiger partial charge in [-0.1, -0.05) is 11.2 Å². The number of hydrogen-bond donors (Lipinski definition) is 2. The molecule has 0 saturated heterocycles. The molecular formula is C19H20N4O3. The van der Waals surface area contributed by atoms with Crippen LogP contribution in [0.25, 0.3) is 11.4 Å². The van der Waals surface area contributed by atoms with Gasteiger partial charge in [0.2, 0.25) is 17.6 Å². The van der Waals surface area contributed by atoms with Crippen LogP contribution < -0.4 is 15.4 Å². The van der Waals surface area contributed by atoms with Crippen LogP contribution in [0.15, 0.2) is 53.1 Å². The molecule has 2 aromatic carbocycles. The summed E-state index contributed by atoms with van der Waals surface area (Å²) in [7, 11) is 0. The fourth-order valence-corrected chi connectivity index (χ4v) is 2.40. The van der Waals surface area contributed by atoms with E-state index in [1.54, 1.807) is 0 Å². The summed E-state index contributed by atoms with van der Waals surface area (Å²) in [5, 5.41) is 9.95. The number of nitrogens with one attached hydrogen (secondary N) is 2. The van der Waals surface area contributed by atoms with Crippen LogP contribution in [-0.4, -0.2) is 22.7 Å². The molecule has 3 aromatic rings. The second kappa shape index (κ2) is 8.15. The SMILES string of the molecule is CCOc1ccc(-c2noc(CNc3cccc(NC(C)=O)c3)n2)cc1. The molecule has 2 N–H and O–H groups in total. The molecule has 0 saturated carbocycles. The molecule has 0 spiro atoms. The molecule has 0 aliphatic heterocycles. The van der Waals surface area contributed by atoms with E-state index in [1.165, 1.54) is 6.92 Å². The van der Waals surface area contributed by atoms with Crippen molar-refractivity contribution in [1.29, 1.82) is 0 Å². The number of rotatable bonds is 7. The molecule has 26 heavy (non-hydrogen) atoms. The van der Waals surface area contributed by atoms with Crippen molar-refractivity contribution in [2.45, 2.75) is 20.4 Å². The Morgan fingerprint density at radius 3 is 2.65 bits per heavy atom. The molecule has 0 aliphatic rings. The van der Waals surface area contributed by atoms with Gasteiger partial charge in [0.1, 0.15) is 5.75 Å². The topological polar surface area (TPSA) is 89.3 Å². The smallest absolute Gasteiger partial charge is 0.246 e.